The zero-order chi connectivity index (χ0) is 18.8. The van der Waals surface area contributed by atoms with Crippen LogP contribution in [0.2, 0.25) is 0 Å². The van der Waals surface area contributed by atoms with Crippen molar-refractivity contribution in [2.24, 2.45) is 0 Å². The predicted molar refractivity (Wildman–Crippen MR) is 102 cm³/mol. The Bertz CT molecular complexity index is 1130. The number of benzene rings is 1. The minimum Gasteiger partial charge on any atom is -0.324 e. The maximum atomic E-state index is 12.6. The fourth-order valence-electron chi connectivity index (χ4n) is 2.46. The zero-order valence-electron chi connectivity index (χ0n) is 13.6. The molecular weight excluding hydrogens is 376 g/mol. The van der Waals surface area contributed by atoms with Gasteiger partial charge in [0.25, 0.3) is 11.2 Å². The number of non-ortho nitro benzene ring substituents is 1. The van der Waals surface area contributed by atoms with Gasteiger partial charge >= 0.3 is 0 Å². The van der Waals surface area contributed by atoms with Crippen molar-refractivity contribution in [3.05, 3.63) is 60.4 Å². The minimum atomic E-state index is -0.549. The summed E-state index contributed by atoms with van der Waals surface area (Å²) in [4.78, 5) is 39.8. The van der Waals surface area contributed by atoms with Crippen LogP contribution in [-0.4, -0.2) is 20.4 Å². The maximum absolute atomic E-state index is 12.6. The van der Waals surface area contributed by atoms with Crippen molar-refractivity contribution in [3.8, 4) is 0 Å². The molecule has 1 amide bonds. The number of thiophene rings is 1. The van der Waals surface area contributed by atoms with Gasteiger partial charge in [0, 0.05) is 22.7 Å². The molecule has 1 aromatic carbocycles. The maximum Gasteiger partial charge on any atom is 0.271 e. The lowest BCUT2D eigenvalue weighted by molar-refractivity contribution is -0.384. The van der Waals surface area contributed by atoms with Crippen LogP contribution in [0.5, 0.6) is 0 Å². The number of aromatic amines is 1. The van der Waals surface area contributed by atoms with Gasteiger partial charge in [0.1, 0.15) is 11.4 Å². The highest BCUT2D eigenvalue weighted by atomic mass is 32.1. The number of nitrogens with zero attached hydrogens (tertiary/aromatic N) is 2. The van der Waals surface area contributed by atoms with Crippen LogP contribution in [0.4, 0.5) is 11.4 Å². The van der Waals surface area contributed by atoms with Crippen molar-refractivity contribution >= 4 is 51.1 Å². The monoisotopic (exact) mass is 390 g/mol. The molecule has 0 saturated heterocycles. The Morgan fingerprint density at radius 2 is 2.19 bits per heavy atom. The van der Waals surface area contributed by atoms with Crippen LogP contribution in [0, 0.1) is 14.9 Å². The van der Waals surface area contributed by atoms with E-state index in [1.54, 1.807) is 6.07 Å². The number of H-pyrrole nitrogens is 1. The van der Waals surface area contributed by atoms with E-state index in [9.17, 15) is 19.7 Å². The number of nitro benzene ring substituents is 1. The van der Waals surface area contributed by atoms with Crippen LogP contribution in [0.15, 0.2) is 35.1 Å². The van der Waals surface area contributed by atoms with E-state index < -0.39 is 10.8 Å². The number of carbonyl (C=O) groups excluding carboxylic acids is 1. The van der Waals surface area contributed by atoms with E-state index in [1.165, 1.54) is 40.2 Å². The molecule has 26 heavy (non-hydrogen) atoms. The average molecular weight is 390 g/mol. The topological polar surface area (TPSA) is 110 Å². The van der Waals surface area contributed by atoms with E-state index in [4.69, 9.17) is 12.2 Å². The fourth-order valence-corrected chi connectivity index (χ4v) is 3.76. The van der Waals surface area contributed by atoms with Gasteiger partial charge in [-0.25, -0.2) is 0 Å². The lowest BCUT2D eigenvalue weighted by atomic mass is 10.3. The van der Waals surface area contributed by atoms with Crippen LogP contribution in [-0.2, 0) is 17.8 Å². The van der Waals surface area contributed by atoms with E-state index >= 15 is 0 Å². The molecular formula is C16H14N4O4S2. The predicted octanol–water partition coefficient (Wildman–Crippen LogP) is 3.23. The molecule has 0 aliphatic rings. The number of anilines is 1. The number of aryl methyl sites for hydroxylation is 1. The molecule has 0 fully saturated rings. The number of nitro groups is 1. The van der Waals surface area contributed by atoms with Crippen LogP contribution in [0.1, 0.15) is 11.8 Å². The quantitative estimate of drug-likeness (QED) is 0.395. The minimum absolute atomic E-state index is 0.135. The normalized spacial score (nSPS) is 10.8. The molecule has 0 spiro atoms. The number of nitrogens with one attached hydrogen (secondary N) is 2. The average Bonchev–Trinajstić information content (AvgIpc) is 3.02. The number of rotatable bonds is 5. The molecule has 2 N–H and O–H groups in total. The van der Waals surface area contributed by atoms with Gasteiger partial charge < -0.3 is 10.3 Å². The van der Waals surface area contributed by atoms with Gasteiger partial charge in [-0.3, -0.25) is 24.3 Å². The lowest BCUT2D eigenvalue weighted by Crippen LogP contribution is -2.28. The molecule has 134 valence electrons. The van der Waals surface area contributed by atoms with Crippen molar-refractivity contribution in [2.45, 2.75) is 19.9 Å². The van der Waals surface area contributed by atoms with Gasteiger partial charge in [-0.2, -0.15) is 0 Å². The van der Waals surface area contributed by atoms with Crippen molar-refractivity contribution in [1.29, 1.82) is 0 Å². The Morgan fingerprint density at radius 3 is 2.88 bits per heavy atom. The molecule has 0 atom stereocenters. The first-order valence-electron chi connectivity index (χ1n) is 7.69. The summed E-state index contributed by atoms with van der Waals surface area (Å²) in [6.45, 7) is 1.70. The smallest absolute Gasteiger partial charge is 0.271 e. The summed E-state index contributed by atoms with van der Waals surface area (Å²) in [7, 11) is 0. The van der Waals surface area contributed by atoms with Gasteiger partial charge in [-0.1, -0.05) is 13.0 Å². The summed E-state index contributed by atoms with van der Waals surface area (Å²) in [5.74, 6) is -0.502. The third-order valence-electron chi connectivity index (χ3n) is 3.72. The molecule has 0 aliphatic carbocycles. The Balaban J connectivity index is 1.87. The molecule has 0 aliphatic heterocycles. The van der Waals surface area contributed by atoms with Gasteiger partial charge in [0.05, 0.1) is 10.3 Å². The molecule has 2 heterocycles. The van der Waals surface area contributed by atoms with Crippen LogP contribution in [0.3, 0.4) is 0 Å². The third kappa shape index (κ3) is 3.55. The van der Waals surface area contributed by atoms with Gasteiger partial charge in [0.2, 0.25) is 5.91 Å². The molecule has 3 rings (SSSR count). The zero-order valence-corrected chi connectivity index (χ0v) is 15.3. The van der Waals surface area contributed by atoms with Gasteiger partial charge in [0.15, 0.2) is 4.77 Å². The fraction of sp³-hybridized carbons (Fsp3) is 0.188. The van der Waals surface area contributed by atoms with Gasteiger partial charge in [-0.05, 0) is 30.8 Å². The van der Waals surface area contributed by atoms with Crippen LogP contribution < -0.4 is 10.9 Å². The summed E-state index contributed by atoms with van der Waals surface area (Å²) in [5, 5.41) is 13.8. The molecule has 0 bridgehead atoms. The Labute approximate surface area is 156 Å². The summed E-state index contributed by atoms with van der Waals surface area (Å²) < 4.78 is 1.33. The number of amides is 1. The lowest BCUT2D eigenvalue weighted by Gasteiger charge is -2.08. The summed E-state index contributed by atoms with van der Waals surface area (Å²) in [6.07, 6.45) is 0.798. The van der Waals surface area contributed by atoms with Crippen LogP contribution in [0.25, 0.3) is 10.2 Å². The Kier molecular flexibility index (Phi) is 4.96. The van der Waals surface area contributed by atoms with E-state index in [2.05, 4.69) is 10.3 Å². The number of hydrogen-bond acceptors (Lipinski definition) is 6. The Hall–Kier alpha value is -2.85. The molecule has 0 saturated carbocycles. The van der Waals surface area contributed by atoms with Crippen molar-refractivity contribution < 1.29 is 9.72 Å². The highest BCUT2D eigenvalue weighted by molar-refractivity contribution is 7.71. The molecule has 2 aromatic heterocycles. The van der Waals surface area contributed by atoms with E-state index in [-0.39, 0.29) is 28.2 Å². The first-order valence-corrected chi connectivity index (χ1v) is 8.91. The van der Waals surface area contributed by atoms with Crippen molar-refractivity contribution in [2.75, 3.05) is 5.32 Å². The summed E-state index contributed by atoms with van der Waals surface area (Å²) >= 11 is 6.66. The number of aromatic nitrogens is 2. The third-order valence-corrected chi connectivity index (χ3v) is 5.23. The summed E-state index contributed by atoms with van der Waals surface area (Å²) in [5.41, 5.74) is -0.199. The number of fused-ring (bicyclic) bond motifs is 1. The highest BCUT2D eigenvalue weighted by Gasteiger charge is 2.13. The number of carbonyl (C=O) groups is 1. The van der Waals surface area contributed by atoms with E-state index in [1.807, 2.05) is 6.92 Å². The SMILES string of the molecule is CCc1cc2c(=O)n(CC(=O)Nc3cccc([N+](=O)[O-])c3)c(=S)[nH]c2s1. The van der Waals surface area contributed by atoms with E-state index in [0.29, 0.717) is 10.2 Å². The second-order valence-electron chi connectivity index (χ2n) is 5.49. The number of hydrogen-bond donors (Lipinski definition) is 2. The molecule has 10 heteroatoms. The molecule has 0 radical (unpaired) electrons. The first-order chi connectivity index (χ1) is 12.4. The van der Waals surface area contributed by atoms with Gasteiger partial charge in [-0.15, -0.1) is 11.3 Å². The largest absolute Gasteiger partial charge is 0.324 e. The van der Waals surface area contributed by atoms with Crippen LogP contribution >= 0.6 is 23.6 Å². The second-order valence-corrected chi connectivity index (χ2v) is 7.01. The Morgan fingerprint density at radius 1 is 1.42 bits per heavy atom. The van der Waals surface area contributed by atoms with E-state index in [0.717, 1.165) is 11.3 Å². The molecule has 3 aromatic rings. The first kappa shape index (κ1) is 18.0. The second kappa shape index (κ2) is 7.18. The van der Waals surface area contributed by atoms with Crippen molar-refractivity contribution in [1.82, 2.24) is 9.55 Å². The standard InChI is InChI=1S/C16H14N4O4S2/c1-2-11-7-12-14(26-11)18-16(25)19(15(12)22)8-13(21)17-9-4-3-5-10(6-9)20(23)24/h3-7H,2,8H2,1H3,(H,17,21)(H,18,25). The molecule has 8 nitrogen and oxygen atoms in total. The summed E-state index contributed by atoms with van der Waals surface area (Å²) in [6, 6.07) is 7.37. The molecule has 0 unspecified atom stereocenters. The highest BCUT2D eigenvalue weighted by Crippen LogP contribution is 2.21. The van der Waals surface area contributed by atoms with Crippen molar-refractivity contribution in [3.63, 3.8) is 0 Å².